The first kappa shape index (κ1) is 24.3. The fraction of sp³-hybridized carbons (Fsp3) is 0.500. The van der Waals surface area contributed by atoms with Crippen LogP contribution in [0.15, 0.2) is 29.2 Å². The quantitative estimate of drug-likeness (QED) is 0.518. The summed E-state index contributed by atoms with van der Waals surface area (Å²) in [7, 11) is 4.36. The van der Waals surface area contributed by atoms with Gasteiger partial charge in [0.15, 0.2) is 0 Å². The minimum atomic E-state index is -0.244. The summed E-state index contributed by atoms with van der Waals surface area (Å²) < 4.78 is 1.74. The Balaban J connectivity index is 1.32. The van der Waals surface area contributed by atoms with Crippen LogP contribution in [0.2, 0.25) is 0 Å². The Morgan fingerprint density at radius 1 is 1.11 bits per heavy atom. The van der Waals surface area contributed by atoms with E-state index in [1.54, 1.807) is 16.8 Å². The second-order valence-electron chi connectivity index (χ2n) is 10.6. The molecule has 1 aromatic carbocycles. The number of nitrogens with one attached hydrogen (secondary N) is 1. The molecule has 1 saturated carbocycles. The van der Waals surface area contributed by atoms with Crippen molar-refractivity contribution >= 4 is 40.1 Å². The third-order valence-electron chi connectivity index (χ3n) is 8.26. The number of anilines is 3. The van der Waals surface area contributed by atoms with Crippen molar-refractivity contribution in [2.45, 2.75) is 62.1 Å². The second kappa shape index (κ2) is 9.99. The average molecular weight is 516 g/mol. The van der Waals surface area contributed by atoms with Crippen molar-refractivity contribution in [2.75, 3.05) is 37.4 Å². The van der Waals surface area contributed by atoms with Gasteiger partial charge in [-0.2, -0.15) is 22.0 Å². The predicted octanol–water partition coefficient (Wildman–Crippen LogP) is 4.80. The topological polar surface area (TPSA) is 90.1 Å². The highest BCUT2D eigenvalue weighted by molar-refractivity contribution is 7.98. The summed E-state index contributed by atoms with van der Waals surface area (Å²) in [6.45, 7) is 2.17. The number of fused-ring (bicyclic) bond motifs is 2. The van der Waals surface area contributed by atoms with Gasteiger partial charge in [0, 0.05) is 59.6 Å². The molecule has 2 fully saturated rings. The molecule has 1 N–H and O–H groups in total. The van der Waals surface area contributed by atoms with Gasteiger partial charge in [0.05, 0.1) is 0 Å². The SMILES string of the molecule is CN(C)C1CCN(c2ccc(Nc3ncc4cc(C#N)c(=O)n(C5CCCC5)c4n3)c3c2CSC3)CC1. The van der Waals surface area contributed by atoms with Crippen molar-refractivity contribution in [3.63, 3.8) is 0 Å². The molecule has 8 nitrogen and oxygen atoms in total. The van der Waals surface area contributed by atoms with Crippen LogP contribution in [0, 0.1) is 11.3 Å². The molecule has 0 unspecified atom stereocenters. The van der Waals surface area contributed by atoms with Crippen LogP contribution in [0.25, 0.3) is 11.0 Å². The molecule has 37 heavy (non-hydrogen) atoms. The molecule has 2 aliphatic heterocycles. The average Bonchev–Trinajstić information content (AvgIpc) is 3.62. The lowest BCUT2D eigenvalue weighted by Gasteiger charge is -2.37. The van der Waals surface area contributed by atoms with Crippen molar-refractivity contribution in [1.82, 2.24) is 19.4 Å². The number of nitriles is 1. The minimum Gasteiger partial charge on any atom is -0.371 e. The van der Waals surface area contributed by atoms with Gasteiger partial charge in [-0.3, -0.25) is 9.36 Å². The lowest BCUT2D eigenvalue weighted by Crippen LogP contribution is -2.42. The molecule has 1 saturated heterocycles. The van der Waals surface area contributed by atoms with Gasteiger partial charge in [-0.25, -0.2) is 4.98 Å². The van der Waals surface area contributed by atoms with Crippen LogP contribution in [-0.2, 0) is 11.5 Å². The summed E-state index contributed by atoms with van der Waals surface area (Å²) in [4.78, 5) is 27.4. The van der Waals surface area contributed by atoms with E-state index >= 15 is 0 Å². The Morgan fingerprint density at radius 2 is 1.86 bits per heavy atom. The van der Waals surface area contributed by atoms with Crippen molar-refractivity contribution < 1.29 is 0 Å². The lowest BCUT2D eigenvalue weighted by molar-refractivity contribution is 0.249. The molecule has 2 aromatic heterocycles. The first-order valence-corrected chi connectivity index (χ1v) is 14.4. The summed E-state index contributed by atoms with van der Waals surface area (Å²) in [5.41, 5.74) is 5.67. The van der Waals surface area contributed by atoms with E-state index in [-0.39, 0.29) is 17.2 Å². The molecule has 0 atom stereocenters. The van der Waals surface area contributed by atoms with E-state index in [0.717, 1.165) is 61.4 Å². The summed E-state index contributed by atoms with van der Waals surface area (Å²) in [5.74, 6) is 2.47. The van der Waals surface area contributed by atoms with Gasteiger partial charge in [-0.1, -0.05) is 12.8 Å². The Morgan fingerprint density at radius 3 is 2.59 bits per heavy atom. The third-order valence-corrected chi connectivity index (χ3v) is 9.25. The van der Waals surface area contributed by atoms with Gasteiger partial charge in [-0.05, 0) is 69.1 Å². The zero-order valence-electron chi connectivity index (χ0n) is 21.5. The van der Waals surface area contributed by atoms with Gasteiger partial charge < -0.3 is 15.1 Å². The fourth-order valence-electron chi connectivity index (χ4n) is 6.18. The largest absolute Gasteiger partial charge is 0.371 e. The Labute approximate surface area is 221 Å². The molecule has 1 aliphatic carbocycles. The van der Waals surface area contributed by atoms with E-state index < -0.39 is 0 Å². The van der Waals surface area contributed by atoms with Crippen LogP contribution < -0.4 is 15.8 Å². The molecular formula is C28H33N7OS. The number of piperidine rings is 1. The van der Waals surface area contributed by atoms with Crippen molar-refractivity contribution in [1.29, 1.82) is 5.26 Å². The van der Waals surface area contributed by atoms with Crippen LogP contribution in [0.4, 0.5) is 17.3 Å². The highest BCUT2D eigenvalue weighted by Crippen LogP contribution is 2.42. The number of rotatable bonds is 5. The Hall–Kier alpha value is -3.09. The van der Waals surface area contributed by atoms with E-state index in [1.807, 2.05) is 11.8 Å². The minimum absolute atomic E-state index is 0.0858. The third kappa shape index (κ3) is 4.47. The van der Waals surface area contributed by atoms with Gasteiger partial charge in [0.25, 0.3) is 5.56 Å². The van der Waals surface area contributed by atoms with Gasteiger partial charge in [0.2, 0.25) is 5.95 Å². The monoisotopic (exact) mass is 515 g/mol. The van der Waals surface area contributed by atoms with Gasteiger partial charge >= 0.3 is 0 Å². The van der Waals surface area contributed by atoms with E-state index in [2.05, 4.69) is 52.4 Å². The molecule has 0 radical (unpaired) electrons. The zero-order valence-corrected chi connectivity index (χ0v) is 22.4. The summed E-state index contributed by atoms with van der Waals surface area (Å²) in [6.07, 6.45) is 8.17. The predicted molar refractivity (Wildman–Crippen MR) is 150 cm³/mol. The first-order chi connectivity index (χ1) is 18.0. The highest BCUT2D eigenvalue weighted by Gasteiger charge is 2.27. The number of hydrogen-bond acceptors (Lipinski definition) is 8. The van der Waals surface area contributed by atoms with Crippen LogP contribution in [0.1, 0.15) is 61.3 Å². The van der Waals surface area contributed by atoms with Gasteiger partial charge in [0.1, 0.15) is 17.3 Å². The number of aromatic nitrogens is 3. The van der Waals surface area contributed by atoms with Crippen LogP contribution in [0.5, 0.6) is 0 Å². The lowest BCUT2D eigenvalue weighted by atomic mass is 10.00. The number of nitrogens with zero attached hydrogens (tertiary/aromatic N) is 6. The molecule has 0 bridgehead atoms. The van der Waals surface area contributed by atoms with Crippen molar-refractivity contribution in [3.05, 3.63) is 51.4 Å². The molecule has 6 rings (SSSR count). The van der Waals surface area contributed by atoms with Crippen molar-refractivity contribution in [3.8, 4) is 6.07 Å². The molecular weight excluding hydrogens is 482 g/mol. The fourth-order valence-corrected chi connectivity index (χ4v) is 7.34. The zero-order chi connectivity index (χ0) is 25.5. The highest BCUT2D eigenvalue weighted by atomic mass is 32.2. The molecule has 9 heteroatoms. The van der Waals surface area contributed by atoms with E-state index in [4.69, 9.17) is 4.98 Å². The summed E-state index contributed by atoms with van der Waals surface area (Å²) in [5, 5.41) is 13.7. The van der Waals surface area contributed by atoms with Crippen LogP contribution in [-0.4, -0.2) is 52.7 Å². The number of benzene rings is 1. The number of pyridine rings is 1. The van der Waals surface area contributed by atoms with Gasteiger partial charge in [-0.15, -0.1) is 0 Å². The Bertz CT molecular complexity index is 1430. The number of thioether (sulfide) groups is 1. The summed E-state index contributed by atoms with van der Waals surface area (Å²) in [6, 6.07) is 8.84. The molecule has 4 heterocycles. The van der Waals surface area contributed by atoms with E-state index in [0.29, 0.717) is 17.6 Å². The van der Waals surface area contributed by atoms with Crippen LogP contribution in [0.3, 0.4) is 0 Å². The second-order valence-corrected chi connectivity index (χ2v) is 11.6. The first-order valence-electron chi connectivity index (χ1n) is 13.3. The molecule has 3 aliphatic rings. The van der Waals surface area contributed by atoms with E-state index in [9.17, 15) is 10.1 Å². The standard InChI is InChI=1S/C28H33N7OS/c1-33(2)20-9-11-34(12-10-20)25-8-7-24(22-16-37-17-23(22)25)31-28-30-15-19-13-18(14-29)27(36)35(26(19)32-28)21-5-3-4-6-21/h7-8,13,15,20-21H,3-6,9-12,16-17H2,1-2H3,(H,30,31,32). The molecule has 3 aromatic rings. The molecule has 192 valence electrons. The normalized spacial score (nSPS) is 18.5. The van der Waals surface area contributed by atoms with Crippen molar-refractivity contribution in [2.24, 2.45) is 0 Å². The van der Waals surface area contributed by atoms with Crippen LogP contribution >= 0.6 is 11.8 Å². The maximum Gasteiger partial charge on any atom is 0.270 e. The summed E-state index contributed by atoms with van der Waals surface area (Å²) >= 11 is 1.95. The molecule has 0 spiro atoms. The molecule has 0 amide bonds. The number of hydrogen-bond donors (Lipinski definition) is 1. The maximum atomic E-state index is 13.1. The smallest absolute Gasteiger partial charge is 0.270 e. The Kier molecular flexibility index (Phi) is 6.55. The maximum absolute atomic E-state index is 13.1. The van der Waals surface area contributed by atoms with E-state index in [1.165, 1.54) is 29.7 Å².